The lowest BCUT2D eigenvalue weighted by molar-refractivity contribution is 0.381. The number of benzene rings is 4. The van der Waals surface area contributed by atoms with Crippen molar-refractivity contribution in [1.29, 1.82) is 0 Å². The van der Waals surface area contributed by atoms with Crippen LogP contribution in [-0.4, -0.2) is 17.5 Å². The van der Waals surface area contributed by atoms with Crippen LogP contribution in [0.15, 0.2) is 141 Å². The first-order chi connectivity index (χ1) is 16.3. The molecule has 0 aliphatic heterocycles. The Morgan fingerprint density at radius 3 is 1.03 bits per heavy atom. The molecule has 0 radical (unpaired) electrons. The van der Waals surface area contributed by atoms with Crippen LogP contribution in [0.1, 0.15) is 11.1 Å². The van der Waals surface area contributed by atoms with Gasteiger partial charge in [0.25, 0.3) is 0 Å². The number of para-hydroxylation sites is 2. The third-order valence-corrected chi connectivity index (χ3v) is 3.97. The van der Waals surface area contributed by atoms with E-state index >= 15 is 0 Å². The fourth-order valence-electron chi connectivity index (χ4n) is 2.56. The van der Waals surface area contributed by atoms with Crippen LogP contribution in [-0.2, 0) is 10.4 Å². The van der Waals surface area contributed by atoms with Gasteiger partial charge in [0.1, 0.15) is 11.5 Å². The summed E-state index contributed by atoms with van der Waals surface area (Å²) in [6, 6.07) is 40.0. The van der Waals surface area contributed by atoms with Crippen molar-refractivity contribution < 1.29 is 22.3 Å². The van der Waals surface area contributed by atoms with E-state index in [1.807, 2.05) is 97.1 Å². The highest BCUT2D eigenvalue weighted by atomic mass is 32.3. The van der Waals surface area contributed by atoms with Crippen LogP contribution in [0.3, 0.4) is 0 Å². The quantitative estimate of drug-likeness (QED) is 0.162. The van der Waals surface area contributed by atoms with E-state index in [0.29, 0.717) is 0 Å². The van der Waals surface area contributed by atoms with Crippen LogP contribution in [0.2, 0.25) is 0 Å². The lowest BCUT2D eigenvalue weighted by Gasteiger charge is -2.04. The zero-order valence-electron chi connectivity index (χ0n) is 20.1. The number of rotatable bonds is 4. The predicted molar refractivity (Wildman–Crippen MR) is 149 cm³/mol. The molecule has 0 spiro atoms. The van der Waals surface area contributed by atoms with E-state index in [0.717, 1.165) is 17.1 Å². The van der Waals surface area contributed by atoms with Crippen molar-refractivity contribution in [3.8, 4) is 11.5 Å². The molecule has 0 amide bonds. The first-order valence-corrected chi connectivity index (χ1v) is 11.5. The second-order valence-electron chi connectivity index (χ2n) is 6.39. The molecular formula is C28H34N2O5S. The minimum absolute atomic E-state index is 0. The van der Waals surface area contributed by atoms with Gasteiger partial charge < -0.3 is 17.0 Å². The summed E-state index contributed by atoms with van der Waals surface area (Å²) in [4.78, 5) is 0. The highest BCUT2D eigenvalue weighted by Crippen LogP contribution is 2.20. The van der Waals surface area contributed by atoms with E-state index in [1.54, 1.807) is 0 Å². The van der Waals surface area contributed by atoms with Crippen molar-refractivity contribution in [2.75, 3.05) is 0 Å². The smallest absolute Gasteiger partial charge is 0.394 e. The van der Waals surface area contributed by atoms with E-state index < -0.39 is 10.4 Å². The molecule has 8 N–H and O–H groups in total. The summed E-state index contributed by atoms with van der Waals surface area (Å²) in [6.07, 6.45) is 0. The van der Waals surface area contributed by atoms with Gasteiger partial charge in [0.2, 0.25) is 0 Å². The number of hydrogen-bond acceptors (Lipinski definition) is 5. The third kappa shape index (κ3) is 15.7. The molecule has 4 rings (SSSR count). The normalized spacial score (nSPS) is 8.94. The van der Waals surface area contributed by atoms with E-state index in [1.165, 1.54) is 11.1 Å². The summed E-state index contributed by atoms with van der Waals surface area (Å²) in [5, 5.41) is 0. The summed E-state index contributed by atoms with van der Waals surface area (Å²) in [5.41, 5.74) is 3.43. The van der Waals surface area contributed by atoms with Crippen LogP contribution in [0.25, 0.3) is 5.57 Å². The molecule has 0 bridgehead atoms. The Kier molecular flexibility index (Phi) is 18.3. The topological polar surface area (TPSA) is 154 Å². The van der Waals surface area contributed by atoms with Gasteiger partial charge in [0.15, 0.2) is 0 Å². The van der Waals surface area contributed by atoms with Crippen molar-refractivity contribution in [2.45, 2.75) is 0 Å². The second-order valence-corrected chi connectivity index (χ2v) is 7.28. The SMILES string of the molecule is C=C.C=C(c1ccccc1)c1ccccc1.N.N.O=S(=O)(O)O.c1ccc(Oc2ccccc2)cc1. The van der Waals surface area contributed by atoms with E-state index in [-0.39, 0.29) is 12.3 Å². The molecule has 0 saturated heterocycles. The van der Waals surface area contributed by atoms with Gasteiger partial charge in [0, 0.05) is 0 Å². The maximum Gasteiger partial charge on any atom is 0.394 e. The van der Waals surface area contributed by atoms with Gasteiger partial charge in [-0.1, -0.05) is 104 Å². The van der Waals surface area contributed by atoms with Crippen molar-refractivity contribution >= 4 is 16.0 Å². The van der Waals surface area contributed by atoms with Gasteiger partial charge in [-0.2, -0.15) is 8.42 Å². The molecule has 0 aliphatic rings. The van der Waals surface area contributed by atoms with Gasteiger partial charge in [0.05, 0.1) is 0 Å². The first kappa shape index (κ1) is 34.1. The molecule has 36 heavy (non-hydrogen) atoms. The predicted octanol–water partition coefficient (Wildman–Crippen LogP) is 7.70. The van der Waals surface area contributed by atoms with Crippen LogP contribution >= 0.6 is 0 Å². The molecule has 0 heterocycles. The maximum absolute atomic E-state index is 8.74. The Morgan fingerprint density at radius 1 is 0.556 bits per heavy atom. The van der Waals surface area contributed by atoms with Crippen molar-refractivity contribution in [2.24, 2.45) is 0 Å². The second kappa shape index (κ2) is 19.3. The molecule has 192 valence electrons. The van der Waals surface area contributed by atoms with Crippen molar-refractivity contribution in [3.05, 3.63) is 152 Å². The Bertz CT molecular complexity index is 1100. The van der Waals surface area contributed by atoms with Gasteiger partial charge in [-0.25, -0.2) is 0 Å². The monoisotopic (exact) mass is 510 g/mol. The first-order valence-electron chi connectivity index (χ1n) is 10.1. The molecule has 4 aromatic rings. The Labute approximate surface area is 214 Å². The van der Waals surface area contributed by atoms with Gasteiger partial charge in [-0.15, -0.1) is 13.2 Å². The molecule has 0 atom stereocenters. The minimum atomic E-state index is -4.67. The molecule has 0 unspecified atom stereocenters. The molecule has 4 aromatic carbocycles. The van der Waals surface area contributed by atoms with Gasteiger partial charge in [-0.05, 0) is 41.0 Å². The third-order valence-electron chi connectivity index (χ3n) is 3.97. The standard InChI is InChI=1S/C14H12.C12H10O.C2H4.2H3N.H2O4S/c1-12(13-8-4-2-5-9-13)14-10-6-3-7-11-14;1-3-7-11(8-4-1)13-12-9-5-2-6-10-12;1-2;;;1-5(2,3)4/h2-11H,1H2;1-10H;1-2H2;2*1H3;(H2,1,2,3,4). The zero-order valence-corrected chi connectivity index (χ0v) is 20.9. The Balaban J connectivity index is 0. The van der Waals surface area contributed by atoms with Crippen LogP contribution in [0, 0.1) is 0 Å². The van der Waals surface area contributed by atoms with Crippen LogP contribution < -0.4 is 17.0 Å². The Hall–Kier alpha value is -4.05. The van der Waals surface area contributed by atoms with Crippen LogP contribution in [0.4, 0.5) is 0 Å². The lowest BCUT2D eigenvalue weighted by Crippen LogP contribution is -1.89. The molecule has 8 heteroatoms. The molecule has 0 saturated carbocycles. The maximum atomic E-state index is 8.74. The van der Waals surface area contributed by atoms with E-state index in [4.69, 9.17) is 22.3 Å². The average molecular weight is 511 g/mol. The summed E-state index contributed by atoms with van der Waals surface area (Å²) in [7, 11) is -4.67. The summed E-state index contributed by atoms with van der Waals surface area (Å²) in [5.74, 6) is 1.74. The van der Waals surface area contributed by atoms with Gasteiger partial charge in [-0.3, -0.25) is 9.11 Å². The minimum Gasteiger partial charge on any atom is -0.457 e. The number of ether oxygens (including phenoxy) is 1. The molecule has 0 fully saturated rings. The summed E-state index contributed by atoms with van der Waals surface area (Å²) in [6.45, 7) is 10.1. The van der Waals surface area contributed by atoms with Gasteiger partial charge >= 0.3 is 10.4 Å². The zero-order chi connectivity index (χ0) is 25.2. The molecular weight excluding hydrogens is 476 g/mol. The molecule has 0 aliphatic carbocycles. The summed E-state index contributed by atoms with van der Waals surface area (Å²) < 4.78 is 37.2. The summed E-state index contributed by atoms with van der Waals surface area (Å²) >= 11 is 0. The van der Waals surface area contributed by atoms with Crippen LogP contribution in [0.5, 0.6) is 11.5 Å². The highest BCUT2D eigenvalue weighted by Gasteiger charge is 1.99. The van der Waals surface area contributed by atoms with Crippen molar-refractivity contribution in [1.82, 2.24) is 12.3 Å². The molecule has 0 aromatic heterocycles. The van der Waals surface area contributed by atoms with E-state index in [9.17, 15) is 0 Å². The Morgan fingerprint density at radius 2 is 0.778 bits per heavy atom. The lowest BCUT2D eigenvalue weighted by atomic mass is 10.0. The largest absolute Gasteiger partial charge is 0.457 e. The average Bonchev–Trinajstić information content (AvgIpc) is 2.87. The number of hydrogen-bond donors (Lipinski definition) is 4. The van der Waals surface area contributed by atoms with Crippen molar-refractivity contribution in [3.63, 3.8) is 0 Å². The fourth-order valence-corrected chi connectivity index (χ4v) is 2.56. The van der Waals surface area contributed by atoms with E-state index in [2.05, 4.69) is 44.0 Å². The molecule has 7 nitrogen and oxygen atoms in total. The fraction of sp³-hybridized carbons (Fsp3) is 0. The highest BCUT2D eigenvalue weighted by molar-refractivity contribution is 7.79.